The lowest BCUT2D eigenvalue weighted by molar-refractivity contribution is -0.161. The lowest BCUT2D eigenvalue weighted by Gasteiger charge is -2.29. The van der Waals surface area contributed by atoms with Gasteiger partial charge in [-0.3, -0.25) is 9.59 Å². The molecule has 0 aliphatic rings. The maximum Gasteiger partial charge on any atom is 0.407 e. The number of methoxy groups -OCH3 is 1. The number of ether oxygens (including phenoxy) is 4. The third-order valence-electron chi connectivity index (χ3n) is 5.92. The Bertz CT molecular complexity index is 911. The van der Waals surface area contributed by atoms with Gasteiger partial charge in [0.1, 0.15) is 24.3 Å². The molecule has 10 heteroatoms. The van der Waals surface area contributed by atoms with E-state index < -0.39 is 17.7 Å². The minimum atomic E-state index is -0.715. The van der Waals surface area contributed by atoms with Crippen LogP contribution in [0.25, 0.3) is 0 Å². The number of hydrogen-bond donors (Lipinski definition) is 3. The fraction of sp³-hybridized carbons (Fsp3) is 0.700. The van der Waals surface area contributed by atoms with Gasteiger partial charge < -0.3 is 34.9 Å². The molecule has 3 N–H and O–H groups in total. The Kier molecular flexibility index (Phi) is 15.2. The van der Waals surface area contributed by atoms with E-state index in [0.29, 0.717) is 19.4 Å². The van der Waals surface area contributed by atoms with Crippen molar-refractivity contribution in [3.8, 4) is 0 Å². The number of likely N-dealkylation sites (N-methyl/N-ethyl adjacent to an activating group) is 1. The van der Waals surface area contributed by atoms with Gasteiger partial charge in [0.15, 0.2) is 0 Å². The first-order chi connectivity index (χ1) is 18.7. The SMILES string of the molecule is CNC(COC(C)(C)C)C(=O)OC(C)(C)Cc1ccc(COC(=O)NCCCCC(NC(C)C)C(=O)OC)cc1. The molecular formula is C30H51N3O7. The molecule has 0 bridgehead atoms. The van der Waals surface area contributed by atoms with Crippen LogP contribution in [0.4, 0.5) is 4.79 Å². The molecule has 228 valence electrons. The normalized spacial score (nSPS) is 13.4. The van der Waals surface area contributed by atoms with E-state index in [1.54, 1.807) is 7.05 Å². The Morgan fingerprint density at radius 1 is 0.900 bits per heavy atom. The minimum absolute atomic E-state index is 0.144. The lowest BCUT2D eigenvalue weighted by Crippen LogP contribution is -2.45. The number of amides is 1. The number of benzene rings is 1. The molecule has 0 spiro atoms. The Balaban J connectivity index is 2.42. The quantitative estimate of drug-likeness (QED) is 0.147. The van der Waals surface area contributed by atoms with Gasteiger partial charge >= 0.3 is 18.0 Å². The fourth-order valence-electron chi connectivity index (χ4n) is 3.90. The summed E-state index contributed by atoms with van der Waals surface area (Å²) in [5, 5.41) is 8.90. The van der Waals surface area contributed by atoms with Crippen molar-refractivity contribution in [2.75, 3.05) is 27.3 Å². The van der Waals surface area contributed by atoms with E-state index in [-0.39, 0.29) is 42.8 Å². The highest BCUT2D eigenvalue weighted by molar-refractivity contribution is 5.76. The van der Waals surface area contributed by atoms with Gasteiger partial charge in [-0.25, -0.2) is 4.79 Å². The molecule has 1 aromatic rings. The van der Waals surface area contributed by atoms with Gasteiger partial charge in [0.05, 0.1) is 19.3 Å². The molecule has 0 radical (unpaired) electrons. The second kappa shape index (κ2) is 17.2. The average Bonchev–Trinajstić information content (AvgIpc) is 2.85. The highest BCUT2D eigenvalue weighted by Gasteiger charge is 2.29. The summed E-state index contributed by atoms with van der Waals surface area (Å²) in [6.45, 7) is 14.3. The van der Waals surface area contributed by atoms with Crippen LogP contribution in [0.1, 0.15) is 78.9 Å². The van der Waals surface area contributed by atoms with Crippen LogP contribution >= 0.6 is 0 Å². The first-order valence-corrected chi connectivity index (χ1v) is 14.0. The zero-order chi connectivity index (χ0) is 30.3. The van der Waals surface area contributed by atoms with Gasteiger partial charge in [0, 0.05) is 19.0 Å². The second-order valence-electron chi connectivity index (χ2n) is 11.8. The molecule has 0 aromatic heterocycles. The Morgan fingerprint density at radius 3 is 2.08 bits per heavy atom. The predicted octanol–water partition coefficient (Wildman–Crippen LogP) is 3.89. The van der Waals surface area contributed by atoms with Crippen LogP contribution in [0.2, 0.25) is 0 Å². The summed E-state index contributed by atoms with van der Waals surface area (Å²) in [4.78, 5) is 36.6. The van der Waals surface area contributed by atoms with Gasteiger partial charge in [-0.15, -0.1) is 0 Å². The number of esters is 2. The largest absolute Gasteiger partial charge is 0.468 e. The van der Waals surface area contributed by atoms with Gasteiger partial charge in [-0.05, 0) is 72.1 Å². The van der Waals surface area contributed by atoms with Crippen LogP contribution < -0.4 is 16.0 Å². The highest BCUT2D eigenvalue weighted by atomic mass is 16.6. The van der Waals surface area contributed by atoms with E-state index in [4.69, 9.17) is 18.9 Å². The summed E-state index contributed by atoms with van der Waals surface area (Å²) < 4.78 is 21.7. The summed E-state index contributed by atoms with van der Waals surface area (Å²) >= 11 is 0. The van der Waals surface area contributed by atoms with Crippen LogP contribution in [0, 0.1) is 0 Å². The first kappa shape index (κ1) is 35.3. The van der Waals surface area contributed by atoms with Crippen molar-refractivity contribution in [3.63, 3.8) is 0 Å². The smallest absolute Gasteiger partial charge is 0.407 e. The molecule has 10 nitrogen and oxygen atoms in total. The van der Waals surface area contributed by atoms with Crippen LogP contribution in [0.15, 0.2) is 24.3 Å². The van der Waals surface area contributed by atoms with Crippen molar-refractivity contribution in [1.82, 2.24) is 16.0 Å². The van der Waals surface area contributed by atoms with Crippen molar-refractivity contribution in [3.05, 3.63) is 35.4 Å². The van der Waals surface area contributed by atoms with Crippen molar-refractivity contribution >= 4 is 18.0 Å². The second-order valence-corrected chi connectivity index (χ2v) is 11.8. The molecule has 2 atom stereocenters. The summed E-state index contributed by atoms with van der Waals surface area (Å²) in [5.41, 5.74) is 0.783. The van der Waals surface area contributed by atoms with Crippen LogP contribution in [0.3, 0.4) is 0 Å². The van der Waals surface area contributed by atoms with Crippen molar-refractivity contribution < 1.29 is 33.3 Å². The Labute approximate surface area is 240 Å². The summed E-state index contributed by atoms with van der Waals surface area (Å²) in [7, 11) is 3.09. The van der Waals surface area contributed by atoms with Crippen molar-refractivity contribution in [2.45, 2.75) is 110 Å². The molecule has 0 aliphatic heterocycles. The lowest BCUT2D eigenvalue weighted by atomic mass is 9.97. The van der Waals surface area contributed by atoms with Gasteiger partial charge in [0.25, 0.3) is 0 Å². The molecule has 1 amide bonds. The zero-order valence-corrected chi connectivity index (χ0v) is 25.8. The highest BCUT2D eigenvalue weighted by Crippen LogP contribution is 2.19. The summed E-state index contributed by atoms with van der Waals surface area (Å²) in [6, 6.07) is 6.93. The van der Waals surface area contributed by atoms with Gasteiger partial charge in [-0.1, -0.05) is 38.1 Å². The molecule has 1 aromatic carbocycles. The molecule has 0 saturated carbocycles. The number of rotatable bonds is 17. The molecule has 40 heavy (non-hydrogen) atoms. The van der Waals surface area contributed by atoms with Crippen LogP contribution in [0.5, 0.6) is 0 Å². The number of carbonyl (C=O) groups is 3. The number of hydrogen-bond acceptors (Lipinski definition) is 9. The molecule has 0 saturated heterocycles. The third kappa shape index (κ3) is 15.2. The fourth-order valence-corrected chi connectivity index (χ4v) is 3.90. The number of carbonyl (C=O) groups excluding carboxylic acids is 3. The molecule has 0 fully saturated rings. The molecule has 0 aliphatic carbocycles. The number of nitrogens with one attached hydrogen (secondary N) is 3. The zero-order valence-electron chi connectivity index (χ0n) is 25.8. The van der Waals surface area contributed by atoms with E-state index in [0.717, 1.165) is 24.0 Å². The van der Waals surface area contributed by atoms with Gasteiger partial charge in [-0.2, -0.15) is 0 Å². The molecule has 0 heterocycles. The topological polar surface area (TPSA) is 124 Å². The molecule has 2 unspecified atom stereocenters. The summed E-state index contributed by atoms with van der Waals surface area (Å²) in [5.74, 6) is -0.635. The van der Waals surface area contributed by atoms with E-state index in [9.17, 15) is 14.4 Å². The molecule has 1 rings (SSSR count). The standard InChI is InChI=1S/C30H51N3O7/c1-21(2)33-24(26(34)37-9)12-10-11-17-32-28(36)38-19-23-15-13-22(14-16-23)18-30(6,7)40-27(35)25(31-8)20-39-29(3,4)5/h13-16,21,24-25,31,33H,10-12,17-20H2,1-9H3,(H,32,36). The third-order valence-corrected chi connectivity index (χ3v) is 5.92. The van der Waals surface area contributed by atoms with Crippen LogP contribution in [-0.4, -0.2) is 74.7 Å². The van der Waals surface area contributed by atoms with E-state index in [1.807, 2.05) is 72.7 Å². The maximum atomic E-state index is 12.7. The number of unbranched alkanes of at least 4 members (excludes halogenated alkanes) is 1. The maximum absolute atomic E-state index is 12.7. The molecular weight excluding hydrogens is 514 g/mol. The average molecular weight is 566 g/mol. The minimum Gasteiger partial charge on any atom is -0.468 e. The van der Waals surface area contributed by atoms with E-state index in [1.165, 1.54) is 7.11 Å². The summed E-state index contributed by atoms with van der Waals surface area (Å²) in [6.07, 6.45) is 2.14. The van der Waals surface area contributed by atoms with Crippen molar-refractivity contribution in [2.24, 2.45) is 0 Å². The monoisotopic (exact) mass is 565 g/mol. The number of alkyl carbamates (subject to hydrolysis) is 1. The van der Waals surface area contributed by atoms with Crippen molar-refractivity contribution in [1.29, 1.82) is 0 Å². The Morgan fingerprint density at radius 2 is 1.52 bits per heavy atom. The predicted molar refractivity (Wildman–Crippen MR) is 155 cm³/mol. The van der Waals surface area contributed by atoms with E-state index in [2.05, 4.69) is 16.0 Å². The Hall–Kier alpha value is -2.69. The first-order valence-electron chi connectivity index (χ1n) is 14.0. The van der Waals surface area contributed by atoms with Crippen LogP contribution in [-0.2, 0) is 41.6 Å². The van der Waals surface area contributed by atoms with Gasteiger partial charge in [0.2, 0.25) is 0 Å². The van der Waals surface area contributed by atoms with E-state index >= 15 is 0 Å².